The highest BCUT2D eigenvalue weighted by Crippen LogP contribution is 2.53. The quantitative estimate of drug-likeness (QED) is 0.624. The Labute approximate surface area is 173 Å². The fourth-order valence-electron chi connectivity index (χ4n) is 4.08. The highest BCUT2D eigenvalue weighted by atomic mass is 16.5. The fourth-order valence-corrected chi connectivity index (χ4v) is 4.08. The Balaban J connectivity index is 2.16. The van der Waals surface area contributed by atoms with Crippen LogP contribution in [0.4, 0.5) is 0 Å². The van der Waals surface area contributed by atoms with Crippen LogP contribution in [-0.4, -0.2) is 52.2 Å². The topological polar surface area (TPSA) is 130 Å². The van der Waals surface area contributed by atoms with Gasteiger partial charge in [-0.15, -0.1) is 0 Å². The van der Waals surface area contributed by atoms with E-state index in [4.69, 9.17) is 14.6 Å². The van der Waals surface area contributed by atoms with Crippen molar-refractivity contribution in [1.29, 1.82) is 0 Å². The fraction of sp³-hybridized carbons (Fsp3) is 0.409. The van der Waals surface area contributed by atoms with Crippen LogP contribution in [0.5, 0.6) is 11.5 Å². The van der Waals surface area contributed by atoms with Gasteiger partial charge in [0, 0.05) is 22.3 Å². The molecule has 30 heavy (non-hydrogen) atoms. The maximum absolute atomic E-state index is 13.0. The number of carboxylic acids is 1. The van der Waals surface area contributed by atoms with Crippen LogP contribution in [0.1, 0.15) is 60.4 Å². The Morgan fingerprint density at radius 1 is 1.37 bits per heavy atom. The molecule has 0 aromatic heterocycles. The molecule has 1 aromatic carbocycles. The number of hydrogen-bond acceptors (Lipinski definition) is 7. The molecule has 0 amide bonds. The van der Waals surface area contributed by atoms with E-state index in [2.05, 4.69) is 0 Å². The molecule has 0 bridgehead atoms. The molecule has 3 atom stereocenters. The lowest BCUT2D eigenvalue weighted by atomic mass is 9.71. The third-order valence-corrected chi connectivity index (χ3v) is 6.18. The van der Waals surface area contributed by atoms with Crippen LogP contribution in [0.2, 0.25) is 0 Å². The van der Waals surface area contributed by atoms with Crippen molar-refractivity contribution in [2.45, 2.75) is 51.7 Å². The van der Waals surface area contributed by atoms with Gasteiger partial charge in [-0.2, -0.15) is 0 Å². The molecule has 1 heterocycles. The zero-order chi connectivity index (χ0) is 22.5. The Bertz CT molecular complexity index is 1030. The second-order valence-corrected chi connectivity index (χ2v) is 7.83. The zero-order valence-corrected chi connectivity index (χ0v) is 17.4. The van der Waals surface area contributed by atoms with Gasteiger partial charge in [0.2, 0.25) is 5.78 Å². The second-order valence-electron chi connectivity index (χ2n) is 7.83. The molecule has 0 saturated heterocycles. The molecule has 3 N–H and O–H groups in total. The number of aliphatic carboxylic acids is 1. The van der Waals surface area contributed by atoms with Crippen molar-refractivity contribution in [2.75, 3.05) is 7.11 Å². The van der Waals surface area contributed by atoms with Gasteiger partial charge in [0.15, 0.2) is 11.5 Å². The highest BCUT2D eigenvalue weighted by molar-refractivity contribution is 6.27. The van der Waals surface area contributed by atoms with Gasteiger partial charge in [0.25, 0.3) is 0 Å². The Morgan fingerprint density at radius 2 is 2.00 bits per heavy atom. The van der Waals surface area contributed by atoms with E-state index in [9.17, 15) is 24.6 Å². The molecule has 1 aliphatic carbocycles. The van der Waals surface area contributed by atoms with E-state index >= 15 is 0 Å². The first-order valence-corrected chi connectivity index (χ1v) is 9.46. The van der Waals surface area contributed by atoms with Gasteiger partial charge in [0.1, 0.15) is 17.6 Å². The van der Waals surface area contributed by atoms with Gasteiger partial charge >= 0.3 is 5.97 Å². The van der Waals surface area contributed by atoms with Crippen molar-refractivity contribution in [3.63, 3.8) is 0 Å². The molecule has 8 heteroatoms. The Hall–Kier alpha value is -3.13. The number of phenolic OH excluding ortho intramolecular Hbond substituents is 1. The van der Waals surface area contributed by atoms with Crippen LogP contribution in [0, 0.1) is 0 Å². The smallest absolute Gasteiger partial charge is 0.330 e. The van der Waals surface area contributed by atoms with E-state index in [0.29, 0.717) is 0 Å². The number of allylic oxidation sites excluding steroid dienone is 2. The number of ketones is 2. The molecule has 3 rings (SSSR count). The molecule has 0 spiro atoms. The van der Waals surface area contributed by atoms with Crippen LogP contribution < -0.4 is 4.74 Å². The first-order chi connectivity index (χ1) is 14.0. The summed E-state index contributed by atoms with van der Waals surface area (Å²) in [7, 11) is 1.29. The van der Waals surface area contributed by atoms with Gasteiger partial charge in [-0.3, -0.25) is 9.59 Å². The normalized spacial score (nSPS) is 24.3. The van der Waals surface area contributed by atoms with Crippen molar-refractivity contribution in [3.05, 3.63) is 45.7 Å². The minimum Gasteiger partial charge on any atom is -0.507 e. The Kier molecular flexibility index (Phi) is 5.24. The SMILES string of the molecule is COC1=C(C)C(=O)c2c(cc(O)c3c2O[C@H](C)[C@]3(C)[C@H](O)C/C=C(\C)C(=O)O)C1=O. The minimum atomic E-state index is -1.15. The van der Waals surface area contributed by atoms with Crippen LogP contribution in [0.15, 0.2) is 29.0 Å². The van der Waals surface area contributed by atoms with Crippen LogP contribution in [-0.2, 0) is 14.9 Å². The average molecular weight is 416 g/mol. The van der Waals surface area contributed by atoms with Crippen molar-refractivity contribution in [3.8, 4) is 11.5 Å². The number of carboxylic acid groups (broad SMARTS) is 1. The molecule has 0 saturated carbocycles. The zero-order valence-electron chi connectivity index (χ0n) is 17.4. The lowest BCUT2D eigenvalue weighted by molar-refractivity contribution is -0.132. The maximum atomic E-state index is 13.0. The number of hydrogen-bond donors (Lipinski definition) is 3. The van der Waals surface area contributed by atoms with E-state index in [-0.39, 0.29) is 51.5 Å². The standard InChI is InChI=1S/C22H24O8/c1-9(21(27)28)6-7-14(24)22(4)11(3)30-20-15-12(8-13(23)16(20)22)18(26)19(29-5)10(2)17(15)25/h6,8,11,14,23-24H,7H2,1-5H3,(H,27,28)/b9-6+/t11-,14-,22-/m1/s1. The highest BCUT2D eigenvalue weighted by Gasteiger charge is 2.52. The molecule has 1 aromatic rings. The summed E-state index contributed by atoms with van der Waals surface area (Å²) in [4.78, 5) is 36.8. The number of benzene rings is 1. The van der Waals surface area contributed by atoms with Crippen LogP contribution in [0.3, 0.4) is 0 Å². The number of aromatic hydroxyl groups is 1. The lowest BCUT2D eigenvalue weighted by Gasteiger charge is -2.33. The van der Waals surface area contributed by atoms with Crippen molar-refractivity contribution >= 4 is 17.5 Å². The summed E-state index contributed by atoms with van der Waals surface area (Å²) < 4.78 is 11.0. The number of ether oxygens (including phenoxy) is 2. The van der Waals surface area contributed by atoms with Crippen LogP contribution in [0.25, 0.3) is 0 Å². The predicted octanol–water partition coefficient (Wildman–Crippen LogP) is 2.51. The number of carbonyl (C=O) groups excluding carboxylic acids is 2. The van der Waals surface area contributed by atoms with Crippen molar-refractivity contribution < 1.29 is 39.2 Å². The molecule has 0 unspecified atom stereocenters. The van der Waals surface area contributed by atoms with Crippen LogP contribution >= 0.6 is 0 Å². The van der Waals surface area contributed by atoms with E-state index in [1.54, 1.807) is 13.8 Å². The predicted molar refractivity (Wildman–Crippen MR) is 106 cm³/mol. The molecule has 0 fully saturated rings. The van der Waals surface area contributed by atoms with Gasteiger partial charge < -0.3 is 24.8 Å². The van der Waals surface area contributed by atoms with Gasteiger partial charge in [-0.1, -0.05) is 6.08 Å². The first-order valence-electron chi connectivity index (χ1n) is 9.46. The summed E-state index contributed by atoms with van der Waals surface area (Å²) in [5, 5.41) is 30.7. The lowest BCUT2D eigenvalue weighted by Crippen LogP contribution is -2.44. The summed E-state index contributed by atoms with van der Waals surface area (Å²) in [5.41, 5.74) is -0.706. The third-order valence-electron chi connectivity index (χ3n) is 6.18. The number of carbonyl (C=O) groups is 3. The number of fused-ring (bicyclic) bond motifs is 3. The molecule has 8 nitrogen and oxygen atoms in total. The maximum Gasteiger partial charge on any atom is 0.330 e. The monoisotopic (exact) mass is 416 g/mol. The number of aliphatic hydroxyl groups is 1. The number of methoxy groups -OCH3 is 1. The van der Waals surface area contributed by atoms with E-state index < -0.39 is 35.2 Å². The van der Waals surface area contributed by atoms with Gasteiger partial charge in [0.05, 0.1) is 24.2 Å². The summed E-state index contributed by atoms with van der Waals surface area (Å²) in [6.45, 7) is 6.25. The van der Waals surface area contributed by atoms with E-state index in [0.717, 1.165) is 0 Å². The molecule has 160 valence electrons. The molecular formula is C22H24O8. The average Bonchev–Trinajstić information content (AvgIpc) is 2.96. The molecular weight excluding hydrogens is 392 g/mol. The number of phenols is 1. The summed E-state index contributed by atoms with van der Waals surface area (Å²) in [6.07, 6.45) is -0.384. The van der Waals surface area contributed by atoms with Gasteiger partial charge in [-0.25, -0.2) is 4.79 Å². The minimum absolute atomic E-state index is 0.00206. The molecule has 2 aliphatic rings. The summed E-state index contributed by atoms with van der Waals surface area (Å²) in [6, 6.07) is 1.20. The first kappa shape index (κ1) is 21.6. The third kappa shape index (κ3) is 2.90. The largest absolute Gasteiger partial charge is 0.507 e. The molecule has 1 aliphatic heterocycles. The van der Waals surface area contributed by atoms with Crippen molar-refractivity contribution in [1.82, 2.24) is 0 Å². The second kappa shape index (κ2) is 7.28. The Morgan fingerprint density at radius 3 is 2.57 bits per heavy atom. The van der Waals surface area contributed by atoms with E-state index in [1.165, 1.54) is 33.1 Å². The molecule has 0 radical (unpaired) electrons. The summed E-state index contributed by atoms with van der Waals surface area (Å²) in [5.74, 6) is -2.40. The van der Waals surface area contributed by atoms with E-state index in [1.807, 2.05) is 0 Å². The van der Waals surface area contributed by atoms with Gasteiger partial charge in [-0.05, 0) is 40.2 Å². The number of rotatable bonds is 5. The number of Topliss-reactive ketones (excluding diaryl/α,β-unsaturated/α-hetero) is 2. The summed E-state index contributed by atoms with van der Waals surface area (Å²) >= 11 is 0. The van der Waals surface area contributed by atoms with Crippen molar-refractivity contribution in [2.24, 2.45) is 0 Å². The number of aliphatic hydroxyl groups excluding tert-OH is 1.